The number of rotatable bonds is 7. The highest BCUT2D eigenvalue weighted by Gasteiger charge is 2.49. The van der Waals surface area contributed by atoms with Crippen molar-refractivity contribution in [3.05, 3.63) is 59.6 Å². The minimum atomic E-state index is -0.364. The van der Waals surface area contributed by atoms with Gasteiger partial charge in [0.15, 0.2) is 0 Å². The van der Waals surface area contributed by atoms with Crippen LogP contribution in [0.25, 0.3) is 22.5 Å². The number of methoxy groups -OCH3 is 1. The Morgan fingerprint density at radius 3 is 2.86 bits per heavy atom. The summed E-state index contributed by atoms with van der Waals surface area (Å²) in [7, 11) is 1.59. The third-order valence-corrected chi connectivity index (χ3v) is 7.17. The summed E-state index contributed by atoms with van der Waals surface area (Å²) in [6.45, 7) is 4.21. The number of ether oxygens (including phenoxy) is 2. The van der Waals surface area contributed by atoms with Gasteiger partial charge in [0.2, 0.25) is 11.8 Å². The van der Waals surface area contributed by atoms with Gasteiger partial charge in [0.25, 0.3) is 5.91 Å². The Morgan fingerprint density at radius 2 is 2.08 bits per heavy atom. The number of nitrogens with zero attached hydrogens (tertiary/aromatic N) is 2. The zero-order chi connectivity index (χ0) is 24.9. The predicted molar refractivity (Wildman–Crippen MR) is 134 cm³/mol. The third kappa shape index (κ3) is 3.85. The standard InChI is InChI=1S/C27H27N5O4/c1-3-22(33)30-20-10-16(14-29-26(20)36-9-8-35-2)19-11-18-15(13-28-19)4-5-17-23-21(31-24(17)18)12-27(6-7-27)32-25(23)34/h3,10-11,13-14,31H,1,4-9,12H2,2H3,(H,30,33)(H,32,34). The molecular formula is C27H27N5O4. The van der Waals surface area contributed by atoms with Gasteiger partial charge in [-0.15, -0.1) is 0 Å². The highest BCUT2D eigenvalue weighted by Crippen LogP contribution is 2.45. The molecule has 0 radical (unpaired) electrons. The van der Waals surface area contributed by atoms with Crippen molar-refractivity contribution >= 4 is 17.5 Å². The number of pyridine rings is 2. The van der Waals surface area contributed by atoms with Crippen molar-refractivity contribution in [1.82, 2.24) is 20.3 Å². The number of hydrogen-bond donors (Lipinski definition) is 3. The van der Waals surface area contributed by atoms with E-state index in [4.69, 9.17) is 9.47 Å². The van der Waals surface area contributed by atoms with Crippen LogP contribution in [-0.2, 0) is 28.8 Å². The van der Waals surface area contributed by atoms with Crippen LogP contribution >= 0.6 is 0 Å². The van der Waals surface area contributed by atoms with Crippen molar-refractivity contribution in [2.75, 3.05) is 25.6 Å². The lowest BCUT2D eigenvalue weighted by molar-refractivity contribution is -0.111. The smallest absolute Gasteiger partial charge is 0.253 e. The minimum absolute atomic E-state index is 0.0415. The molecule has 1 fully saturated rings. The van der Waals surface area contributed by atoms with Crippen LogP contribution in [-0.4, -0.2) is 52.6 Å². The van der Waals surface area contributed by atoms with Gasteiger partial charge in [-0.05, 0) is 55.0 Å². The van der Waals surface area contributed by atoms with Gasteiger partial charge in [0.1, 0.15) is 12.3 Å². The van der Waals surface area contributed by atoms with Crippen molar-refractivity contribution in [3.8, 4) is 28.4 Å². The van der Waals surface area contributed by atoms with E-state index in [1.54, 1.807) is 19.4 Å². The number of aromatic nitrogens is 3. The zero-order valence-corrected chi connectivity index (χ0v) is 20.1. The van der Waals surface area contributed by atoms with Crippen LogP contribution in [0.15, 0.2) is 37.2 Å². The lowest BCUT2D eigenvalue weighted by atomic mass is 9.87. The molecule has 1 aliphatic heterocycles. The Hall–Kier alpha value is -3.98. The van der Waals surface area contributed by atoms with Crippen LogP contribution in [0.5, 0.6) is 5.88 Å². The van der Waals surface area contributed by atoms with Crippen LogP contribution in [0.1, 0.15) is 40.0 Å². The van der Waals surface area contributed by atoms with Crippen molar-refractivity contribution < 1.29 is 19.1 Å². The Labute approximate surface area is 208 Å². The van der Waals surface area contributed by atoms with Crippen molar-refractivity contribution in [2.24, 2.45) is 0 Å². The third-order valence-electron chi connectivity index (χ3n) is 7.17. The molecule has 2 aliphatic carbocycles. The Kier molecular flexibility index (Phi) is 5.37. The van der Waals surface area contributed by atoms with E-state index in [0.29, 0.717) is 30.5 Å². The number of aryl methyl sites for hydroxylation is 1. The molecule has 0 atom stereocenters. The normalized spacial score (nSPS) is 16.4. The summed E-state index contributed by atoms with van der Waals surface area (Å²) in [6, 6.07) is 3.82. The molecule has 9 heteroatoms. The van der Waals surface area contributed by atoms with Gasteiger partial charge in [0, 0.05) is 48.3 Å². The summed E-state index contributed by atoms with van der Waals surface area (Å²) in [5.41, 5.74) is 7.96. The topological polar surface area (TPSA) is 118 Å². The van der Waals surface area contributed by atoms with E-state index in [9.17, 15) is 9.59 Å². The maximum Gasteiger partial charge on any atom is 0.253 e. The number of aromatic amines is 1. The van der Waals surface area contributed by atoms with E-state index in [-0.39, 0.29) is 17.4 Å². The Morgan fingerprint density at radius 1 is 1.22 bits per heavy atom. The van der Waals surface area contributed by atoms with Gasteiger partial charge in [-0.1, -0.05) is 6.58 Å². The summed E-state index contributed by atoms with van der Waals surface area (Å²) in [4.78, 5) is 37.7. The molecule has 3 aromatic heterocycles. The fourth-order valence-electron chi connectivity index (χ4n) is 5.16. The molecule has 2 amide bonds. The number of anilines is 1. The number of carbonyl (C=O) groups excluding carboxylic acids is 2. The number of H-pyrrole nitrogens is 1. The molecule has 0 saturated heterocycles. The molecule has 0 aromatic carbocycles. The fourth-order valence-corrected chi connectivity index (χ4v) is 5.16. The lowest BCUT2D eigenvalue weighted by Gasteiger charge is -2.24. The molecule has 3 N–H and O–H groups in total. The van der Waals surface area contributed by atoms with Gasteiger partial charge in [-0.3, -0.25) is 14.6 Å². The van der Waals surface area contributed by atoms with Crippen molar-refractivity contribution in [2.45, 2.75) is 37.6 Å². The first kappa shape index (κ1) is 22.5. The van der Waals surface area contributed by atoms with Crippen LogP contribution in [0.4, 0.5) is 5.69 Å². The summed E-state index contributed by atoms with van der Waals surface area (Å²) >= 11 is 0. The van der Waals surface area contributed by atoms with E-state index in [2.05, 4.69) is 32.2 Å². The molecule has 6 rings (SSSR count). The van der Waals surface area contributed by atoms with E-state index < -0.39 is 0 Å². The van der Waals surface area contributed by atoms with E-state index in [1.807, 2.05) is 12.3 Å². The molecule has 4 heterocycles. The van der Waals surface area contributed by atoms with Crippen LogP contribution in [0, 0.1) is 0 Å². The maximum absolute atomic E-state index is 12.9. The first-order chi connectivity index (χ1) is 17.5. The molecule has 36 heavy (non-hydrogen) atoms. The predicted octanol–water partition coefficient (Wildman–Crippen LogP) is 3.21. The average Bonchev–Trinajstić information content (AvgIpc) is 3.50. The molecule has 1 spiro atoms. The molecule has 0 unspecified atom stereocenters. The molecule has 3 aliphatic rings. The lowest BCUT2D eigenvalue weighted by Crippen LogP contribution is -2.43. The second-order valence-electron chi connectivity index (χ2n) is 9.58. The van der Waals surface area contributed by atoms with Gasteiger partial charge < -0.3 is 25.1 Å². The quantitative estimate of drug-likeness (QED) is 0.349. The number of fused-ring (bicyclic) bond motifs is 5. The summed E-state index contributed by atoms with van der Waals surface area (Å²) in [5.74, 6) is -0.0274. The summed E-state index contributed by atoms with van der Waals surface area (Å²) < 4.78 is 10.7. The van der Waals surface area contributed by atoms with E-state index >= 15 is 0 Å². The second-order valence-corrected chi connectivity index (χ2v) is 9.58. The first-order valence-electron chi connectivity index (χ1n) is 12.1. The molecule has 1 saturated carbocycles. The first-order valence-corrected chi connectivity index (χ1v) is 12.1. The summed E-state index contributed by atoms with van der Waals surface area (Å²) in [6.07, 6.45) is 9.32. The van der Waals surface area contributed by atoms with E-state index in [0.717, 1.165) is 71.3 Å². The van der Waals surface area contributed by atoms with Crippen molar-refractivity contribution in [1.29, 1.82) is 0 Å². The number of carbonyl (C=O) groups is 2. The maximum atomic E-state index is 12.9. The fraction of sp³-hybridized carbons (Fsp3) is 0.333. The highest BCUT2D eigenvalue weighted by atomic mass is 16.5. The average molecular weight is 486 g/mol. The number of amides is 2. The largest absolute Gasteiger partial charge is 0.474 e. The van der Waals surface area contributed by atoms with E-state index in [1.165, 1.54) is 6.08 Å². The number of nitrogens with one attached hydrogen (secondary N) is 3. The van der Waals surface area contributed by atoms with Crippen LogP contribution in [0.3, 0.4) is 0 Å². The molecule has 9 nitrogen and oxygen atoms in total. The van der Waals surface area contributed by atoms with Crippen molar-refractivity contribution in [3.63, 3.8) is 0 Å². The van der Waals surface area contributed by atoms with Crippen LogP contribution < -0.4 is 15.4 Å². The Balaban J connectivity index is 1.37. The van der Waals surface area contributed by atoms with Gasteiger partial charge in [-0.25, -0.2) is 4.98 Å². The number of hydrogen-bond acceptors (Lipinski definition) is 6. The van der Waals surface area contributed by atoms with Gasteiger partial charge >= 0.3 is 0 Å². The Bertz CT molecular complexity index is 1410. The SMILES string of the molecule is C=CC(=O)Nc1cc(-c2cc3c(cn2)CCc2c-3[nH]c3c2C(=O)NC2(CC2)C3)cnc1OCCOC. The van der Waals surface area contributed by atoms with Gasteiger partial charge in [-0.2, -0.15) is 0 Å². The molecular weight excluding hydrogens is 458 g/mol. The van der Waals surface area contributed by atoms with Gasteiger partial charge in [0.05, 0.1) is 23.6 Å². The molecule has 0 bridgehead atoms. The molecule has 3 aromatic rings. The monoisotopic (exact) mass is 485 g/mol. The summed E-state index contributed by atoms with van der Waals surface area (Å²) in [5, 5.41) is 5.99. The highest BCUT2D eigenvalue weighted by molar-refractivity contribution is 6.02. The van der Waals surface area contributed by atoms with Crippen LogP contribution in [0.2, 0.25) is 0 Å². The minimum Gasteiger partial charge on any atom is -0.474 e. The zero-order valence-electron chi connectivity index (χ0n) is 20.1. The second kappa shape index (κ2) is 8.60. The molecule has 184 valence electrons.